The van der Waals surface area contributed by atoms with Gasteiger partial charge in [-0.2, -0.15) is 5.10 Å². The molecule has 0 saturated carbocycles. The van der Waals surface area contributed by atoms with Crippen molar-refractivity contribution < 1.29 is 9.47 Å². The van der Waals surface area contributed by atoms with Gasteiger partial charge in [-0.05, 0) is 29.3 Å². The molecule has 0 atom stereocenters. The third-order valence-corrected chi connectivity index (χ3v) is 4.62. The summed E-state index contributed by atoms with van der Waals surface area (Å²) in [6.07, 6.45) is 6.98. The maximum absolute atomic E-state index is 5.95. The normalized spacial score (nSPS) is 10.6. The fourth-order valence-electron chi connectivity index (χ4n) is 3.06. The summed E-state index contributed by atoms with van der Waals surface area (Å²) in [6.45, 7) is 1.14. The molecule has 7 heteroatoms. The predicted octanol–water partition coefficient (Wildman–Crippen LogP) is 3.89. The minimum Gasteiger partial charge on any atom is -0.493 e. The minimum absolute atomic E-state index is 0.492. The molecule has 2 aromatic heterocycles. The van der Waals surface area contributed by atoms with Gasteiger partial charge in [0, 0.05) is 26.0 Å². The van der Waals surface area contributed by atoms with Gasteiger partial charge < -0.3 is 14.4 Å². The Balaban J connectivity index is 1.46. The van der Waals surface area contributed by atoms with Crippen LogP contribution in [0.15, 0.2) is 79.4 Å². The lowest BCUT2D eigenvalue weighted by atomic mass is 10.2. The zero-order valence-electron chi connectivity index (χ0n) is 17.0. The second-order valence-electron chi connectivity index (χ2n) is 6.80. The maximum Gasteiger partial charge on any atom is 0.173 e. The van der Waals surface area contributed by atoms with E-state index in [1.165, 1.54) is 0 Å². The van der Waals surface area contributed by atoms with Crippen molar-refractivity contribution in [3.8, 4) is 17.3 Å². The second kappa shape index (κ2) is 9.09. The molecule has 0 spiro atoms. The van der Waals surface area contributed by atoms with Crippen LogP contribution in [-0.2, 0) is 13.2 Å². The molecule has 2 heterocycles. The van der Waals surface area contributed by atoms with E-state index in [4.69, 9.17) is 9.47 Å². The van der Waals surface area contributed by atoms with Gasteiger partial charge >= 0.3 is 0 Å². The van der Waals surface area contributed by atoms with Crippen molar-refractivity contribution in [2.24, 2.45) is 0 Å². The van der Waals surface area contributed by atoms with Gasteiger partial charge in [0.15, 0.2) is 17.3 Å². The molecule has 0 radical (unpaired) electrons. The van der Waals surface area contributed by atoms with Crippen LogP contribution in [-0.4, -0.2) is 33.9 Å². The molecule has 0 aliphatic carbocycles. The van der Waals surface area contributed by atoms with Gasteiger partial charge in [0.25, 0.3) is 0 Å². The van der Waals surface area contributed by atoms with E-state index < -0.39 is 0 Å². The van der Waals surface area contributed by atoms with Gasteiger partial charge in [0.05, 0.1) is 19.5 Å². The summed E-state index contributed by atoms with van der Waals surface area (Å²) in [6, 6.07) is 17.9. The minimum atomic E-state index is 0.492. The van der Waals surface area contributed by atoms with E-state index in [1.54, 1.807) is 30.4 Å². The van der Waals surface area contributed by atoms with Crippen LogP contribution in [0.3, 0.4) is 0 Å². The van der Waals surface area contributed by atoms with Crippen molar-refractivity contribution in [1.82, 2.24) is 19.7 Å². The molecule has 0 aliphatic heterocycles. The number of benzene rings is 2. The van der Waals surface area contributed by atoms with Crippen molar-refractivity contribution in [2.45, 2.75) is 13.2 Å². The molecule has 30 heavy (non-hydrogen) atoms. The third kappa shape index (κ3) is 4.57. The molecule has 7 nitrogen and oxygen atoms in total. The fourth-order valence-corrected chi connectivity index (χ4v) is 3.06. The Morgan fingerprint density at radius 3 is 2.60 bits per heavy atom. The van der Waals surface area contributed by atoms with E-state index in [0.717, 1.165) is 16.9 Å². The van der Waals surface area contributed by atoms with Gasteiger partial charge in [-0.1, -0.05) is 36.4 Å². The lowest BCUT2D eigenvalue weighted by Crippen LogP contribution is -2.18. The standard InChI is InChI=1S/C23H23N5O2/c1-27(22-14-24-15-23(26-22)28-12-6-11-25-28)16-19-9-10-20(21(13-19)29-2)30-17-18-7-4-3-5-8-18/h3-15H,16-17H2,1-2H3. The molecule has 0 bridgehead atoms. The van der Waals surface area contributed by atoms with E-state index in [0.29, 0.717) is 30.5 Å². The van der Waals surface area contributed by atoms with Crippen molar-refractivity contribution in [1.29, 1.82) is 0 Å². The summed E-state index contributed by atoms with van der Waals surface area (Å²) < 4.78 is 13.2. The van der Waals surface area contributed by atoms with Gasteiger partial charge in [-0.15, -0.1) is 0 Å². The van der Waals surface area contributed by atoms with E-state index in [1.807, 2.05) is 72.7 Å². The van der Waals surface area contributed by atoms with Gasteiger partial charge in [0.1, 0.15) is 12.4 Å². The molecule has 4 aromatic rings. The van der Waals surface area contributed by atoms with Gasteiger partial charge in [0.2, 0.25) is 0 Å². The highest BCUT2D eigenvalue weighted by molar-refractivity contribution is 5.45. The molecule has 0 saturated heterocycles. The summed E-state index contributed by atoms with van der Waals surface area (Å²) in [5.74, 6) is 2.85. The average Bonchev–Trinajstić information content (AvgIpc) is 3.34. The van der Waals surface area contributed by atoms with Crippen LogP contribution in [0.25, 0.3) is 5.82 Å². The summed E-state index contributed by atoms with van der Waals surface area (Å²) in [5.41, 5.74) is 2.19. The van der Waals surface area contributed by atoms with Crippen LogP contribution in [0, 0.1) is 0 Å². The SMILES string of the molecule is COc1cc(CN(C)c2cncc(-n3cccn3)n2)ccc1OCc1ccccc1. The second-order valence-corrected chi connectivity index (χ2v) is 6.80. The largest absolute Gasteiger partial charge is 0.493 e. The number of ether oxygens (including phenoxy) is 2. The zero-order valence-corrected chi connectivity index (χ0v) is 17.0. The number of nitrogens with zero attached hydrogens (tertiary/aromatic N) is 5. The first-order valence-corrected chi connectivity index (χ1v) is 9.60. The monoisotopic (exact) mass is 401 g/mol. The lowest BCUT2D eigenvalue weighted by Gasteiger charge is -2.19. The molecular formula is C23H23N5O2. The smallest absolute Gasteiger partial charge is 0.173 e. The third-order valence-electron chi connectivity index (χ3n) is 4.62. The molecule has 4 rings (SSSR count). The Hall–Kier alpha value is -3.87. The number of hydrogen-bond donors (Lipinski definition) is 0. The van der Waals surface area contributed by atoms with Crippen molar-refractivity contribution in [2.75, 3.05) is 19.1 Å². The Bertz CT molecular complexity index is 1080. The number of hydrogen-bond acceptors (Lipinski definition) is 6. The fraction of sp³-hybridized carbons (Fsp3) is 0.174. The number of methoxy groups -OCH3 is 1. The highest BCUT2D eigenvalue weighted by atomic mass is 16.5. The highest BCUT2D eigenvalue weighted by Gasteiger charge is 2.10. The van der Waals surface area contributed by atoms with Crippen LogP contribution < -0.4 is 14.4 Å². The van der Waals surface area contributed by atoms with E-state index in [9.17, 15) is 0 Å². The summed E-state index contributed by atoms with van der Waals surface area (Å²) in [5, 5.41) is 4.21. The zero-order chi connectivity index (χ0) is 20.8. The molecule has 0 fully saturated rings. The molecule has 152 valence electrons. The topological polar surface area (TPSA) is 65.3 Å². The van der Waals surface area contributed by atoms with Crippen molar-refractivity contribution >= 4 is 5.82 Å². The quantitative estimate of drug-likeness (QED) is 0.446. The number of rotatable bonds is 8. The van der Waals surface area contributed by atoms with Gasteiger partial charge in [-0.3, -0.25) is 4.98 Å². The Morgan fingerprint density at radius 2 is 1.83 bits per heavy atom. The van der Waals surface area contributed by atoms with E-state index >= 15 is 0 Å². The lowest BCUT2D eigenvalue weighted by molar-refractivity contribution is 0.284. The summed E-state index contributed by atoms with van der Waals surface area (Å²) in [7, 11) is 3.63. The van der Waals surface area contributed by atoms with Crippen LogP contribution in [0.4, 0.5) is 5.82 Å². The Morgan fingerprint density at radius 1 is 0.967 bits per heavy atom. The molecule has 0 aliphatic rings. The van der Waals surface area contributed by atoms with E-state index in [2.05, 4.69) is 15.1 Å². The molecule has 0 N–H and O–H groups in total. The van der Waals surface area contributed by atoms with Crippen LogP contribution in [0.1, 0.15) is 11.1 Å². The van der Waals surface area contributed by atoms with Crippen molar-refractivity contribution in [3.05, 3.63) is 90.5 Å². The predicted molar refractivity (Wildman–Crippen MR) is 115 cm³/mol. The van der Waals surface area contributed by atoms with E-state index in [-0.39, 0.29) is 0 Å². The first-order chi connectivity index (χ1) is 14.7. The highest BCUT2D eigenvalue weighted by Crippen LogP contribution is 2.29. The summed E-state index contributed by atoms with van der Waals surface area (Å²) >= 11 is 0. The first-order valence-electron chi connectivity index (χ1n) is 9.60. The maximum atomic E-state index is 5.95. The summed E-state index contributed by atoms with van der Waals surface area (Å²) in [4.78, 5) is 11.0. The molecular weight excluding hydrogens is 378 g/mol. The number of anilines is 1. The first kappa shape index (κ1) is 19.4. The van der Waals surface area contributed by atoms with Crippen LogP contribution >= 0.6 is 0 Å². The number of aromatic nitrogens is 4. The van der Waals surface area contributed by atoms with Gasteiger partial charge in [-0.25, -0.2) is 9.67 Å². The van der Waals surface area contributed by atoms with Crippen LogP contribution in [0.2, 0.25) is 0 Å². The average molecular weight is 401 g/mol. The van der Waals surface area contributed by atoms with Crippen LogP contribution in [0.5, 0.6) is 11.5 Å². The Kier molecular flexibility index (Phi) is 5.89. The van der Waals surface area contributed by atoms with Crippen molar-refractivity contribution in [3.63, 3.8) is 0 Å². The molecule has 0 amide bonds. The molecule has 2 aromatic carbocycles. The Labute approximate surface area is 175 Å². The molecule has 0 unspecified atom stereocenters.